The summed E-state index contributed by atoms with van der Waals surface area (Å²) in [5, 5.41) is 13.3. The van der Waals surface area contributed by atoms with Gasteiger partial charge in [-0.25, -0.2) is 9.97 Å². The van der Waals surface area contributed by atoms with Crippen LogP contribution in [0.5, 0.6) is 0 Å². The Kier molecular flexibility index (Phi) is 4.21. The van der Waals surface area contributed by atoms with E-state index < -0.39 is 10.8 Å². The number of aromatic nitrogens is 2. The van der Waals surface area contributed by atoms with Crippen LogP contribution >= 0.6 is 11.6 Å². The molecule has 1 aromatic heterocycles. The summed E-state index contributed by atoms with van der Waals surface area (Å²) < 4.78 is 0. The first kappa shape index (κ1) is 13.9. The number of halogens is 1. The first-order valence-corrected chi connectivity index (χ1v) is 5.93. The second-order valence-electron chi connectivity index (χ2n) is 3.83. The molecule has 0 spiro atoms. The minimum Gasteiger partial charge on any atom is -0.347 e. The van der Waals surface area contributed by atoms with Crippen molar-refractivity contribution in [2.24, 2.45) is 0 Å². The molecule has 1 aromatic carbocycles. The minimum atomic E-state index is -0.480. The van der Waals surface area contributed by atoms with Gasteiger partial charge in [-0.15, -0.1) is 0 Å². The Morgan fingerprint density at radius 1 is 1.25 bits per heavy atom. The van der Waals surface area contributed by atoms with Crippen molar-refractivity contribution in [3.63, 3.8) is 0 Å². The highest BCUT2D eigenvalue weighted by Crippen LogP contribution is 2.11. The molecule has 0 atom stereocenters. The van der Waals surface area contributed by atoms with Gasteiger partial charge in [0.2, 0.25) is 0 Å². The summed E-state index contributed by atoms with van der Waals surface area (Å²) in [5.74, 6) is -0.396. The van der Waals surface area contributed by atoms with Crippen LogP contribution in [0, 0.1) is 10.1 Å². The molecule has 0 fully saturated rings. The summed E-state index contributed by atoms with van der Waals surface area (Å²) >= 11 is 5.57. The smallest absolute Gasteiger partial charge is 0.271 e. The van der Waals surface area contributed by atoms with Gasteiger partial charge >= 0.3 is 0 Å². The fourth-order valence-corrected chi connectivity index (χ4v) is 1.54. The van der Waals surface area contributed by atoms with E-state index in [4.69, 9.17) is 11.6 Å². The van der Waals surface area contributed by atoms with Crippen LogP contribution in [-0.2, 0) is 6.54 Å². The average molecular weight is 293 g/mol. The van der Waals surface area contributed by atoms with Gasteiger partial charge in [-0.2, -0.15) is 0 Å². The molecule has 2 aromatic rings. The second-order valence-corrected chi connectivity index (χ2v) is 4.22. The van der Waals surface area contributed by atoms with Crippen LogP contribution in [0.3, 0.4) is 0 Å². The Labute approximate surface area is 118 Å². The molecule has 20 heavy (non-hydrogen) atoms. The lowest BCUT2D eigenvalue weighted by molar-refractivity contribution is -0.384. The average Bonchev–Trinajstić information content (AvgIpc) is 2.46. The molecule has 0 aliphatic rings. The summed E-state index contributed by atoms with van der Waals surface area (Å²) in [6.45, 7) is 0.237. The second kappa shape index (κ2) is 6.07. The van der Waals surface area contributed by atoms with Gasteiger partial charge in [0.1, 0.15) is 10.8 Å². The van der Waals surface area contributed by atoms with E-state index in [1.807, 2.05) is 0 Å². The van der Waals surface area contributed by atoms with E-state index in [0.29, 0.717) is 0 Å². The number of non-ortho nitro benzene ring substituents is 1. The summed E-state index contributed by atoms with van der Waals surface area (Å²) in [7, 11) is 0. The van der Waals surface area contributed by atoms with Crippen LogP contribution in [0.4, 0.5) is 5.69 Å². The number of nitro benzene ring substituents is 1. The lowest BCUT2D eigenvalue weighted by Gasteiger charge is -2.04. The molecule has 0 aliphatic heterocycles. The highest BCUT2D eigenvalue weighted by molar-refractivity contribution is 6.29. The predicted octanol–water partition coefficient (Wildman–Crippen LogP) is 1.97. The van der Waals surface area contributed by atoms with Crippen LogP contribution in [0.2, 0.25) is 5.15 Å². The molecule has 0 bridgehead atoms. The summed E-state index contributed by atoms with van der Waals surface area (Å²) in [4.78, 5) is 29.3. The maximum absolute atomic E-state index is 11.7. The molecule has 1 amide bonds. The van der Waals surface area contributed by atoms with E-state index in [1.54, 1.807) is 12.1 Å². The monoisotopic (exact) mass is 292 g/mol. The fourth-order valence-electron chi connectivity index (χ4n) is 1.44. The van der Waals surface area contributed by atoms with Gasteiger partial charge in [0, 0.05) is 18.7 Å². The highest BCUT2D eigenvalue weighted by atomic mass is 35.5. The number of hydrogen-bond acceptors (Lipinski definition) is 5. The van der Waals surface area contributed by atoms with Crippen molar-refractivity contribution in [3.8, 4) is 0 Å². The van der Waals surface area contributed by atoms with Crippen molar-refractivity contribution in [1.82, 2.24) is 15.3 Å². The number of rotatable bonds is 4. The quantitative estimate of drug-likeness (QED) is 0.686. The van der Waals surface area contributed by atoms with Crippen molar-refractivity contribution in [2.45, 2.75) is 6.54 Å². The van der Waals surface area contributed by atoms with Crippen LogP contribution in [-0.4, -0.2) is 20.8 Å². The third kappa shape index (κ3) is 3.48. The lowest BCUT2D eigenvalue weighted by Crippen LogP contribution is -2.23. The van der Waals surface area contributed by atoms with E-state index in [9.17, 15) is 14.9 Å². The fraction of sp³-hybridized carbons (Fsp3) is 0.0833. The van der Waals surface area contributed by atoms with Crippen LogP contribution in [0.1, 0.15) is 16.1 Å². The molecule has 0 saturated carbocycles. The molecule has 102 valence electrons. The Hall–Kier alpha value is -2.54. The van der Waals surface area contributed by atoms with Crippen molar-refractivity contribution in [3.05, 3.63) is 63.2 Å². The first-order chi connectivity index (χ1) is 9.56. The van der Waals surface area contributed by atoms with Gasteiger partial charge in [-0.1, -0.05) is 23.7 Å². The number of hydrogen-bond donors (Lipinski definition) is 1. The molecule has 0 radical (unpaired) electrons. The summed E-state index contributed by atoms with van der Waals surface area (Å²) in [6, 6.07) is 5.91. The zero-order valence-electron chi connectivity index (χ0n) is 10.1. The van der Waals surface area contributed by atoms with Gasteiger partial charge in [-0.3, -0.25) is 14.9 Å². The van der Waals surface area contributed by atoms with E-state index in [-0.39, 0.29) is 23.1 Å². The van der Waals surface area contributed by atoms with E-state index in [1.165, 1.54) is 24.5 Å². The zero-order chi connectivity index (χ0) is 14.5. The van der Waals surface area contributed by atoms with Crippen LogP contribution in [0.15, 0.2) is 36.7 Å². The molecular formula is C12H9ClN4O3. The van der Waals surface area contributed by atoms with E-state index in [2.05, 4.69) is 15.3 Å². The molecule has 8 heteroatoms. The SMILES string of the molecule is O=C(NCc1ccc([N+](=O)[O-])cc1)c1cnc(Cl)cn1. The van der Waals surface area contributed by atoms with Crippen molar-refractivity contribution in [2.75, 3.05) is 0 Å². The molecule has 0 saturated heterocycles. The van der Waals surface area contributed by atoms with Crippen LogP contribution in [0.25, 0.3) is 0 Å². The normalized spacial score (nSPS) is 10.1. The zero-order valence-corrected chi connectivity index (χ0v) is 10.9. The lowest BCUT2D eigenvalue weighted by atomic mass is 10.2. The van der Waals surface area contributed by atoms with Crippen molar-refractivity contribution in [1.29, 1.82) is 0 Å². The largest absolute Gasteiger partial charge is 0.347 e. The molecule has 2 rings (SSSR count). The van der Waals surface area contributed by atoms with Crippen molar-refractivity contribution < 1.29 is 9.72 Å². The molecule has 0 aliphatic carbocycles. The van der Waals surface area contributed by atoms with E-state index in [0.717, 1.165) is 5.56 Å². The minimum absolute atomic E-state index is 0.00337. The number of benzene rings is 1. The standard InChI is InChI=1S/C12H9ClN4O3/c13-11-7-14-10(6-15-11)12(18)16-5-8-1-3-9(4-2-8)17(19)20/h1-4,6-7H,5H2,(H,16,18). The van der Waals surface area contributed by atoms with Crippen LogP contribution < -0.4 is 5.32 Å². The molecule has 1 heterocycles. The van der Waals surface area contributed by atoms with Gasteiger partial charge in [0.25, 0.3) is 11.6 Å². The maximum atomic E-state index is 11.7. The number of carbonyl (C=O) groups is 1. The van der Waals surface area contributed by atoms with Gasteiger partial charge < -0.3 is 5.32 Å². The predicted molar refractivity (Wildman–Crippen MR) is 71.3 cm³/mol. The van der Waals surface area contributed by atoms with Gasteiger partial charge in [0.15, 0.2) is 0 Å². The number of nitrogens with zero attached hydrogens (tertiary/aromatic N) is 3. The number of carbonyl (C=O) groups excluding carboxylic acids is 1. The highest BCUT2D eigenvalue weighted by Gasteiger charge is 2.08. The van der Waals surface area contributed by atoms with Gasteiger partial charge in [-0.05, 0) is 5.56 Å². The topological polar surface area (TPSA) is 98.0 Å². The summed E-state index contributed by atoms with van der Waals surface area (Å²) in [6.07, 6.45) is 2.55. The number of nitrogens with one attached hydrogen (secondary N) is 1. The third-order valence-corrected chi connectivity index (χ3v) is 2.65. The Morgan fingerprint density at radius 2 is 1.95 bits per heavy atom. The number of nitro groups is 1. The van der Waals surface area contributed by atoms with Crippen molar-refractivity contribution >= 4 is 23.2 Å². The third-order valence-electron chi connectivity index (χ3n) is 2.45. The maximum Gasteiger partial charge on any atom is 0.271 e. The van der Waals surface area contributed by atoms with E-state index >= 15 is 0 Å². The Balaban J connectivity index is 1.96. The Bertz CT molecular complexity index is 628. The Morgan fingerprint density at radius 3 is 2.50 bits per heavy atom. The van der Waals surface area contributed by atoms with Gasteiger partial charge in [0.05, 0.1) is 17.3 Å². The molecule has 7 nitrogen and oxygen atoms in total. The first-order valence-electron chi connectivity index (χ1n) is 5.55. The molecule has 0 unspecified atom stereocenters. The molecular weight excluding hydrogens is 284 g/mol. The molecule has 1 N–H and O–H groups in total. The number of amides is 1. The summed E-state index contributed by atoms with van der Waals surface area (Å²) in [5.41, 5.74) is 0.894.